The molecule has 456 valence electrons. The van der Waals surface area contributed by atoms with E-state index in [-0.39, 0.29) is 31.1 Å². The van der Waals surface area contributed by atoms with Crippen molar-refractivity contribution in [1.82, 2.24) is 0 Å². The van der Waals surface area contributed by atoms with Crippen LogP contribution >= 0.6 is 0 Å². The minimum atomic E-state index is -0.790. The minimum Gasteiger partial charge on any atom is -0.462 e. The number of unbranched alkanes of at least 4 members (excludes halogenated alkanes) is 29. The Morgan fingerprint density at radius 3 is 0.775 bits per heavy atom. The van der Waals surface area contributed by atoms with Crippen LogP contribution < -0.4 is 0 Å². The van der Waals surface area contributed by atoms with E-state index in [0.29, 0.717) is 19.3 Å². The fraction of sp³-hybridized carbons (Fsp3) is 0.689. The molecule has 0 aliphatic carbocycles. The third-order valence-electron chi connectivity index (χ3n) is 14.2. The van der Waals surface area contributed by atoms with Crippen LogP contribution in [0.25, 0.3) is 0 Å². The first-order valence-corrected chi connectivity index (χ1v) is 33.5. The molecule has 0 fully saturated rings. The van der Waals surface area contributed by atoms with Crippen LogP contribution in [0.1, 0.15) is 310 Å². The van der Waals surface area contributed by atoms with E-state index in [1.807, 2.05) is 0 Å². The van der Waals surface area contributed by atoms with Crippen molar-refractivity contribution in [3.8, 4) is 0 Å². The average molecular weight is 1110 g/mol. The Morgan fingerprint density at radius 1 is 0.263 bits per heavy atom. The lowest BCUT2D eigenvalue weighted by atomic mass is 10.0. The van der Waals surface area contributed by atoms with Crippen LogP contribution in [0.4, 0.5) is 0 Å². The monoisotopic (exact) mass is 1110 g/mol. The zero-order valence-electron chi connectivity index (χ0n) is 52.3. The largest absolute Gasteiger partial charge is 0.462 e. The van der Waals surface area contributed by atoms with Gasteiger partial charge in [-0.15, -0.1) is 0 Å². The maximum atomic E-state index is 12.9. The van der Waals surface area contributed by atoms with Crippen molar-refractivity contribution in [2.45, 2.75) is 316 Å². The minimum absolute atomic E-state index is 0.0848. The van der Waals surface area contributed by atoms with Gasteiger partial charge in [0.25, 0.3) is 0 Å². The Balaban J connectivity index is 4.28. The molecule has 0 aromatic rings. The predicted molar refractivity (Wildman–Crippen MR) is 348 cm³/mol. The summed E-state index contributed by atoms with van der Waals surface area (Å²) in [6.07, 6.45) is 93.5. The third-order valence-corrected chi connectivity index (χ3v) is 14.2. The van der Waals surface area contributed by atoms with Crippen LogP contribution in [0.15, 0.2) is 122 Å². The van der Waals surface area contributed by atoms with Crippen molar-refractivity contribution in [2.75, 3.05) is 13.2 Å². The number of rotatable bonds is 60. The molecule has 0 aromatic carbocycles. The van der Waals surface area contributed by atoms with Crippen LogP contribution in [-0.4, -0.2) is 37.2 Å². The molecule has 0 spiro atoms. The topological polar surface area (TPSA) is 78.9 Å². The van der Waals surface area contributed by atoms with E-state index in [4.69, 9.17) is 14.2 Å². The number of allylic oxidation sites excluding steroid dienone is 20. The second kappa shape index (κ2) is 67.3. The predicted octanol–water partition coefficient (Wildman–Crippen LogP) is 23.2. The summed E-state index contributed by atoms with van der Waals surface area (Å²) in [4.78, 5) is 38.3. The van der Waals surface area contributed by atoms with E-state index < -0.39 is 6.10 Å². The molecular weight excluding hydrogens is 985 g/mol. The summed E-state index contributed by atoms with van der Waals surface area (Å²) in [7, 11) is 0. The molecule has 80 heavy (non-hydrogen) atoms. The molecule has 0 saturated heterocycles. The highest BCUT2D eigenvalue weighted by Crippen LogP contribution is 2.16. The Labute approximate surface area is 494 Å². The second-order valence-corrected chi connectivity index (χ2v) is 22.0. The lowest BCUT2D eigenvalue weighted by molar-refractivity contribution is -0.167. The van der Waals surface area contributed by atoms with Crippen LogP contribution in [0, 0.1) is 0 Å². The molecule has 0 bridgehead atoms. The van der Waals surface area contributed by atoms with Gasteiger partial charge in [0.2, 0.25) is 0 Å². The van der Waals surface area contributed by atoms with E-state index in [1.54, 1.807) is 0 Å². The van der Waals surface area contributed by atoms with Gasteiger partial charge in [0.15, 0.2) is 6.10 Å². The Morgan fingerprint density at radius 2 is 0.487 bits per heavy atom. The Kier molecular flexibility index (Phi) is 63.8. The highest BCUT2D eigenvalue weighted by molar-refractivity contribution is 5.71. The Hall–Kier alpha value is -4.19. The van der Waals surface area contributed by atoms with Gasteiger partial charge in [-0.3, -0.25) is 14.4 Å². The van der Waals surface area contributed by atoms with Gasteiger partial charge in [0.05, 0.1) is 0 Å². The van der Waals surface area contributed by atoms with Gasteiger partial charge in [-0.2, -0.15) is 0 Å². The molecule has 0 amide bonds. The van der Waals surface area contributed by atoms with E-state index in [1.165, 1.54) is 128 Å². The first-order chi connectivity index (χ1) is 39.5. The number of hydrogen-bond acceptors (Lipinski definition) is 6. The van der Waals surface area contributed by atoms with Crippen molar-refractivity contribution in [2.24, 2.45) is 0 Å². The van der Waals surface area contributed by atoms with Crippen LogP contribution in [0.5, 0.6) is 0 Å². The summed E-state index contributed by atoms with van der Waals surface area (Å²) in [5.41, 5.74) is 0. The molecule has 0 rings (SSSR count). The SMILES string of the molecule is CC/C=C\C/C=C\C/C=C\C/C=C\C/C=C\C/C=C\C/C=C\C/C=C\CCCCCCCCCCC(=O)OCC(COC(=O)CCCCCCCCCCCCCCC)OC(=O)CCCCCCC/C=C\C/C=C\CCCCCC. The fourth-order valence-corrected chi connectivity index (χ4v) is 9.20. The van der Waals surface area contributed by atoms with Gasteiger partial charge in [-0.1, -0.05) is 296 Å². The summed E-state index contributed by atoms with van der Waals surface area (Å²) in [5, 5.41) is 0. The highest BCUT2D eigenvalue weighted by atomic mass is 16.6. The maximum absolute atomic E-state index is 12.9. The lowest BCUT2D eigenvalue weighted by Crippen LogP contribution is -2.30. The molecule has 1 unspecified atom stereocenters. The lowest BCUT2D eigenvalue weighted by Gasteiger charge is -2.18. The normalized spacial score (nSPS) is 12.9. The van der Waals surface area contributed by atoms with Gasteiger partial charge >= 0.3 is 17.9 Å². The molecule has 0 aliphatic heterocycles. The van der Waals surface area contributed by atoms with E-state index in [0.717, 1.165) is 141 Å². The molecule has 0 saturated carbocycles. The second-order valence-electron chi connectivity index (χ2n) is 22.0. The molecule has 0 heterocycles. The molecule has 1 atom stereocenters. The molecular formula is C74H124O6. The molecule has 0 N–H and O–H groups in total. The smallest absolute Gasteiger partial charge is 0.306 e. The van der Waals surface area contributed by atoms with Crippen LogP contribution in [0.2, 0.25) is 0 Å². The molecule has 6 heteroatoms. The Bertz CT molecular complexity index is 1650. The van der Waals surface area contributed by atoms with Crippen molar-refractivity contribution in [1.29, 1.82) is 0 Å². The van der Waals surface area contributed by atoms with Crippen molar-refractivity contribution < 1.29 is 28.6 Å². The van der Waals surface area contributed by atoms with Crippen LogP contribution in [-0.2, 0) is 28.6 Å². The van der Waals surface area contributed by atoms with Gasteiger partial charge < -0.3 is 14.2 Å². The zero-order chi connectivity index (χ0) is 57.8. The highest BCUT2D eigenvalue weighted by Gasteiger charge is 2.19. The van der Waals surface area contributed by atoms with Crippen molar-refractivity contribution >= 4 is 17.9 Å². The molecule has 0 radical (unpaired) electrons. The van der Waals surface area contributed by atoms with Crippen molar-refractivity contribution in [3.05, 3.63) is 122 Å². The van der Waals surface area contributed by atoms with Crippen molar-refractivity contribution in [3.63, 3.8) is 0 Å². The molecule has 0 aliphatic rings. The van der Waals surface area contributed by atoms with E-state index in [2.05, 4.69) is 142 Å². The number of carbonyl (C=O) groups excluding carboxylic acids is 3. The standard InChI is InChI=1S/C74H124O6/c1-4-7-10-13-16-19-22-25-27-29-30-31-32-33-34-35-36-37-38-39-40-41-42-43-44-45-47-49-52-55-58-61-64-67-73(76)79-70-71(69-78-72(75)66-63-60-57-54-51-48-24-21-18-15-12-9-6-3)80-74(77)68-65-62-59-56-53-50-46-28-26-23-20-17-14-11-8-5-2/h7,10,16,19-20,23,25,27-28,30-31,33-34,36-37,39-40,42-43,46,71H,4-6,8-9,11-15,17-18,21-22,24,26,29,32,35,38,41,44-45,47-70H2,1-3H3/b10-7-,19-16-,23-20-,27-25-,31-30-,34-33-,37-36-,40-39-,43-42-,46-28-. The van der Waals surface area contributed by atoms with Gasteiger partial charge in [-0.25, -0.2) is 0 Å². The first kappa shape index (κ1) is 75.8. The number of carbonyl (C=O) groups is 3. The quantitative estimate of drug-likeness (QED) is 0.0261. The van der Waals surface area contributed by atoms with E-state index >= 15 is 0 Å². The summed E-state index contributed by atoms with van der Waals surface area (Å²) in [6, 6.07) is 0. The van der Waals surface area contributed by atoms with Crippen LogP contribution in [0.3, 0.4) is 0 Å². The van der Waals surface area contributed by atoms with Gasteiger partial charge in [-0.05, 0) is 116 Å². The average Bonchev–Trinajstić information content (AvgIpc) is 3.46. The zero-order valence-corrected chi connectivity index (χ0v) is 52.3. The summed E-state index contributed by atoms with van der Waals surface area (Å²) in [5.74, 6) is -0.899. The molecule has 0 aromatic heterocycles. The van der Waals surface area contributed by atoms with E-state index in [9.17, 15) is 14.4 Å². The van der Waals surface area contributed by atoms with Gasteiger partial charge in [0.1, 0.15) is 13.2 Å². The summed E-state index contributed by atoms with van der Waals surface area (Å²) in [6.45, 7) is 6.51. The number of ether oxygens (including phenoxy) is 3. The third kappa shape index (κ3) is 64.6. The number of hydrogen-bond donors (Lipinski definition) is 0. The van der Waals surface area contributed by atoms with Gasteiger partial charge in [0, 0.05) is 19.3 Å². The summed E-state index contributed by atoms with van der Waals surface area (Å²) >= 11 is 0. The fourth-order valence-electron chi connectivity index (χ4n) is 9.20. The summed E-state index contributed by atoms with van der Waals surface area (Å²) < 4.78 is 16.9. The molecule has 6 nitrogen and oxygen atoms in total. The maximum Gasteiger partial charge on any atom is 0.306 e. The number of esters is 3. The first-order valence-electron chi connectivity index (χ1n) is 33.5.